The molecule has 33 heavy (non-hydrogen) atoms. The van der Waals surface area contributed by atoms with Gasteiger partial charge >= 0.3 is 0 Å². The van der Waals surface area contributed by atoms with Crippen LogP contribution < -0.4 is 0 Å². The van der Waals surface area contributed by atoms with E-state index in [9.17, 15) is 45.0 Å². The van der Waals surface area contributed by atoms with E-state index in [0.29, 0.717) is 0 Å². The van der Waals surface area contributed by atoms with E-state index in [1.54, 1.807) is 0 Å². The van der Waals surface area contributed by atoms with Crippen LogP contribution in [0, 0.1) is 0 Å². The van der Waals surface area contributed by atoms with Gasteiger partial charge in [0.1, 0.15) is 34.5 Å². The van der Waals surface area contributed by atoms with Crippen molar-refractivity contribution in [3.8, 4) is 56.8 Å². The van der Waals surface area contributed by atoms with Gasteiger partial charge in [-0.1, -0.05) is 0 Å². The molecule has 0 radical (unpaired) electrons. The molecular formula is C24H20O9. The predicted molar refractivity (Wildman–Crippen MR) is 117 cm³/mol. The zero-order chi connectivity index (χ0) is 24.8. The third kappa shape index (κ3) is 3.69. The zero-order valence-electron chi connectivity index (χ0n) is 17.8. The van der Waals surface area contributed by atoms with Crippen LogP contribution in [0.15, 0.2) is 30.3 Å². The number of phenolic OH excluding ortho intramolecular Hbond substituents is 6. The second-order valence-corrected chi connectivity index (χ2v) is 7.42. The van der Waals surface area contributed by atoms with Crippen molar-refractivity contribution in [2.75, 3.05) is 0 Å². The molecule has 0 fully saturated rings. The normalized spacial score (nSPS) is 10.8. The zero-order valence-corrected chi connectivity index (χ0v) is 17.8. The van der Waals surface area contributed by atoms with Crippen LogP contribution >= 0.6 is 0 Å². The number of carbonyl (C=O) groups excluding carboxylic acids is 3. The molecule has 0 aliphatic carbocycles. The number of Topliss-reactive ketones (excluding diaryl/α,β-unsaturated/α-hetero) is 3. The van der Waals surface area contributed by atoms with Crippen molar-refractivity contribution in [3.63, 3.8) is 0 Å². The van der Waals surface area contributed by atoms with Gasteiger partial charge in [-0.15, -0.1) is 0 Å². The van der Waals surface area contributed by atoms with Gasteiger partial charge in [0, 0.05) is 11.1 Å². The van der Waals surface area contributed by atoms with Crippen LogP contribution in [-0.4, -0.2) is 48.0 Å². The summed E-state index contributed by atoms with van der Waals surface area (Å²) in [4.78, 5) is 36.1. The van der Waals surface area contributed by atoms with Crippen molar-refractivity contribution >= 4 is 17.3 Å². The SMILES string of the molecule is CC(=O)c1ccc(O)c(-c2cc(O)c(C(C)=O)c(-c3c(O)ccc(C(C)=O)c3O)c2O)c1O. The Bertz CT molecular complexity index is 1350. The summed E-state index contributed by atoms with van der Waals surface area (Å²) >= 11 is 0. The van der Waals surface area contributed by atoms with Gasteiger partial charge in [0.05, 0.1) is 27.8 Å². The highest BCUT2D eigenvalue weighted by atomic mass is 16.3. The van der Waals surface area contributed by atoms with Gasteiger partial charge in [0.2, 0.25) is 0 Å². The monoisotopic (exact) mass is 452 g/mol. The average Bonchev–Trinajstić information content (AvgIpc) is 2.70. The van der Waals surface area contributed by atoms with Crippen LogP contribution in [0.2, 0.25) is 0 Å². The number of ketones is 3. The minimum atomic E-state index is -0.824. The number of carbonyl (C=O) groups is 3. The molecule has 0 amide bonds. The van der Waals surface area contributed by atoms with Crippen molar-refractivity contribution in [1.29, 1.82) is 0 Å². The van der Waals surface area contributed by atoms with Crippen LogP contribution in [0.3, 0.4) is 0 Å². The molecule has 3 aromatic rings. The Kier molecular flexibility index (Phi) is 5.74. The minimum absolute atomic E-state index is 0.192. The van der Waals surface area contributed by atoms with Crippen LogP contribution in [0.4, 0.5) is 0 Å². The summed E-state index contributed by atoms with van der Waals surface area (Å²) in [7, 11) is 0. The molecule has 0 spiro atoms. The Hall–Kier alpha value is -4.53. The first-order valence-electron chi connectivity index (χ1n) is 9.60. The van der Waals surface area contributed by atoms with Gasteiger partial charge in [-0.05, 0) is 51.1 Å². The van der Waals surface area contributed by atoms with Crippen molar-refractivity contribution < 1.29 is 45.0 Å². The number of hydrogen-bond acceptors (Lipinski definition) is 9. The van der Waals surface area contributed by atoms with Crippen molar-refractivity contribution in [2.24, 2.45) is 0 Å². The molecule has 0 saturated heterocycles. The Labute approximate surface area is 187 Å². The van der Waals surface area contributed by atoms with Crippen molar-refractivity contribution in [1.82, 2.24) is 0 Å². The third-order valence-corrected chi connectivity index (χ3v) is 5.22. The molecule has 9 heteroatoms. The maximum atomic E-state index is 12.3. The molecule has 0 unspecified atom stereocenters. The van der Waals surface area contributed by atoms with E-state index in [0.717, 1.165) is 44.2 Å². The van der Waals surface area contributed by atoms with Gasteiger partial charge in [-0.25, -0.2) is 0 Å². The van der Waals surface area contributed by atoms with Crippen molar-refractivity contribution in [3.05, 3.63) is 47.0 Å². The summed E-state index contributed by atoms with van der Waals surface area (Å²) in [5.41, 5.74) is -2.82. The van der Waals surface area contributed by atoms with Gasteiger partial charge < -0.3 is 30.6 Å². The highest BCUT2D eigenvalue weighted by molar-refractivity contribution is 6.10. The summed E-state index contributed by atoms with van der Waals surface area (Å²) in [6, 6.07) is 5.33. The van der Waals surface area contributed by atoms with Crippen LogP contribution in [0.1, 0.15) is 51.8 Å². The molecule has 0 saturated carbocycles. The second kappa shape index (κ2) is 8.19. The topological polar surface area (TPSA) is 173 Å². The lowest BCUT2D eigenvalue weighted by atomic mass is 9.87. The van der Waals surface area contributed by atoms with E-state index in [1.807, 2.05) is 0 Å². The predicted octanol–water partition coefficient (Wildman–Crippen LogP) is 3.86. The maximum Gasteiger partial charge on any atom is 0.164 e. The first-order valence-corrected chi connectivity index (χ1v) is 9.60. The molecule has 0 aliphatic rings. The Morgan fingerprint density at radius 2 is 1.00 bits per heavy atom. The van der Waals surface area contributed by atoms with Gasteiger partial charge in [-0.3, -0.25) is 14.4 Å². The first kappa shape index (κ1) is 23.1. The van der Waals surface area contributed by atoms with Crippen molar-refractivity contribution in [2.45, 2.75) is 20.8 Å². The van der Waals surface area contributed by atoms with Crippen LogP contribution in [-0.2, 0) is 0 Å². The number of hydrogen-bond donors (Lipinski definition) is 6. The molecular weight excluding hydrogens is 432 g/mol. The molecule has 0 atom stereocenters. The highest BCUT2D eigenvalue weighted by Gasteiger charge is 2.30. The lowest BCUT2D eigenvalue weighted by Gasteiger charge is -2.19. The van der Waals surface area contributed by atoms with Crippen LogP contribution in [0.25, 0.3) is 22.3 Å². The van der Waals surface area contributed by atoms with E-state index < -0.39 is 79.7 Å². The molecule has 3 aromatic carbocycles. The fourth-order valence-electron chi connectivity index (χ4n) is 3.69. The fraction of sp³-hybridized carbons (Fsp3) is 0.125. The minimum Gasteiger partial charge on any atom is -0.507 e. The summed E-state index contributed by atoms with van der Waals surface area (Å²) in [6.45, 7) is 3.38. The Morgan fingerprint density at radius 3 is 1.45 bits per heavy atom. The van der Waals surface area contributed by atoms with E-state index in [1.165, 1.54) is 6.92 Å². The number of phenols is 6. The summed E-state index contributed by atoms with van der Waals surface area (Å²) in [5, 5.41) is 63.8. The smallest absolute Gasteiger partial charge is 0.164 e. The number of benzene rings is 3. The quantitative estimate of drug-likeness (QED) is 0.248. The van der Waals surface area contributed by atoms with Gasteiger partial charge in [-0.2, -0.15) is 0 Å². The van der Waals surface area contributed by atoms with E-state index in [2.05, 4.69) is 0 Å². The maximum absolute atomic E-state index is 12.3. The Balaban J connectivity index is 2.54. The fourth-order valence-corrected chi connectivity index (χ4v) is 3.69. The van der Waals surface area contributed by atoms with Gasteiger partial charge in [0.15, 0.2) is 17.3 Å². The van der Waals surface area contributed by atoms with E-state index in [4.69, 9.17) is 0 Å². The average molecular weight is 452 g/mol. The molecule has 170 valence electrons. The standard InChI is InChI=1S/C24H20O9/c1-9(25)12-4-6-15(28)19(22(12)31)14-8-17(30)18(11(3)27)21(24(14)33)20-16(29)7-5-13(10(2)26)23(20)32/h4-8,28-33H,1-3H3. The molecule has 3 rings (SSSR count). The largest absolute Gasteiger partial charge is 0.507 e. The summed E-state index contributed by atoms with van der Waals surface area (Å²) < 4.78 is 0. The molecule has 0 bridgehead atoms. The van der Waals surface area contributed by atoms with Gasteiger partial charge in [0.25, 0.3) is 0 Å². The third-order valence-electron chi connectivity index (χ3n) is 5.22. The molecule has 0 heterocycles. The van der Waals surface area contributed by atoms with E-state index in [-0.39, 0.29) is 11.1 Å². The lowest BCUT2D eigenvalue weighted by Crippen LogP contribution is -2.02. The number of rotatable bonds is 5. The summed E-state index contributed by atoms with van der Waals surface area (Å²) in [6.07, 6.45) is 0. The first-order chi connectivity index (χ1) is 15.4. The number of aromatic hydroxyl groups is 6. The molecule has 0 aliphatic heterocycles. The summed E-state index contributed by atoms with van der Waals surface area (Å²) in [5.74, 6) is -6.10. The van der Waals surface area contributed by atoms with Crippen LogP contribution in [0.5, 0.6) is 34.5 Å². The van der Waals surface area contributed by atoms with E-state index >= 15 is 0 Å². The molecule has 6 N–H and O–H groups in total. The molecule has 9 nitrogen and oxygen atoms in total. The molecule has 0 aromatic heterocycles. The second-order valence-electron chi connectivity index (χ2n) is 7.42. The highest BCUT2D eigenvalue weighted by Crippen LogP contribution is 2.53. The lowest BCUT2D eigenvalue weighted by molar-refractivity contribution is 0.100. The Morgan fingerprint density at radius 1 is 0.545 bits per heavy atom.